The summed E-state index contributed by atoms with van der Waals surface area (Å²) in [6.45, 7) is 8.63. The third kappa shape index (κ3) is 3.38. The Balaban J connectivity index is 2.09. The molecule has 3 nitrogen and oxygen atoms in total. The number of hydrogen-bond acceptors (Lipinski definition) is 3. The monoisotopic (exact) mass is 297 g/mol. The lowest BCUT2D eigenvalue weighted by Crippen LogP contribution is -2.49. The van der Waals surface area contributed by atoms with Crippen molar-refractivity contribution in [2.24, 2.45) is 5.73 Å². The second-order valence-corrected chi connectivity index (χ2v) is 5.99. The molecule has 1 saturated heterocycles. The van der Waals surface area contributed by atoms with Gasteiger partial charge in [-0.2, -0.15) is 0 Å². The molecule has 1 aromatic carbocycles. The number of benzene rings is 1. The fourth-order valence-corrected chi connectivity index (χ4v) is 2.82. The minimum Gasteiger partial charge on any atom is -0.389 e. The van der Waals surface area contributed by atoms with E-state index in [-0.39, 0.29) is 0 Å². The molecule has 0 unspecified atom stereocenters. The minimum atomic E-state index is 0.387. The van der Waals surface area contributed by atoms with E-state index in [9.17, 15) is 0 Å². The van der Waals surface area contributed by atoms with E-state index in [2.05, 4.69) is 23.6 Å². The van der Waals surface area contributed by atoms with Crippen LogP contribution in [0.1, 0.15) is 19.4 Å². The number of rotatable bonds is 3. The van der Waals surface area contributed by atoms with Crippen molar-refractivity contribution in [3.05, 3.63) is 28.8 Å². The minimum absolute atomic E-state index is 0.387. The Hall–Kier alpha value is -0.840. The van der Waals surface area contributed by atoms with Gasteiger partial charge in [-0.05, 0) is 32.0 Å². The van der Waals surface area contributed by atoms with Crippen molar-refractivity contribution in [3.8, 4) is 0 Å². The maximum Gasteiger partial charge on any atom is 0.104 e. The molecule has 0 aromatic heterocycles. The average Bonchev–Trinajstić information content (AvgIpc) is 2.38. The number of nitrogens with zero attached hydrogens (tertiary/aromatic N) is 2. The molecular weight excluding hydrogens is 278 g/mol. The highest BCUT2D eigenvalue weighted by Crippen LogP contribution is 2.28. The Labute approximate surface area is 125 Å². The zero-order chi connectivity index (χ0) is 14.0. The predicted octanol–water partition coefficient (Wildman–Crippen LogP) is 2.50. The number of piperazine rings is 1. The quantitative estimate of drug-likeness (QED) is 0.869. The molecule has 0 spiro atoms. The Morgan fingerprint density at radius 3 is 2.37 bits per heavy atom. The van der Waals surface area contributed by atoms with E-state index in [4.69, 9.17) is 29.6 Å². The van der Waals surface area contributed by atoms with Gasteiger partial charge < -0.3 is 10.6 Å². The summed E-state index contributed by atoms with van der Waals surface area (Å²) in [6, 6.07) is 6.42. The maximum atomic E-state index is 6.34. The summed E-state index contributed by atoms with van der Waals surface area (Å²) >= 11 is 11.3. The Kier molecular flexibility index (Phi) is 4.66. The molecule has 5 heteroatoms. The zero-order valence-electron chi connectivity index (χ0n) is 11.4. The van der Waals surface area contributed by atoms with Gasteiger partial charge in [0.05, 0.1) is 10.7 Å². The third-order valence-corrected chi connectivity index (χ3v) is 4.16. The van der Waals surface area contributed by atoms with Crippen molar-refractivity contribution in [2.45, 2.75) is 19.9 Å². The van der Waals surface area contributed by atoms with Crippen molar-refractivity contribution in [3.63, 3.8) is 0 Å². The molecule has 0 radical (unpaired) electrons. The average molecular weight is 298 g/mol. The number of anilines is 1. The van der Waals surface area contributed by atoms with E-state index in [1.807, 2.05) is 18.2 Å². The highest BCUT2D eigenvalue weighted by molar-refractivity contribution is 7.80. The van der Waals surface area contributed by atoms with Crippen molar-refractivity contribution in [1.29, 1.82) is 0 Å². The molecule has 0 aliphatic carbocycles. The number of thiocarbonyl (C=S) groups is 1. The molecule has 1 aliphatic heterocycles. The van der Waals surface area contributed by atoms with Crippen LogP contribution in [0.2, 0.25) is 5.02 Å². The van der Waals surface area contributed by atoms with Gasteiger partial charge in [-0.25, -0.2) is 0 Å². The molecule has 1 aliphatic rings. The highest BCUT2D eigenvalue weighted by Gasteiger charge is 2.20. The lowest BCUT2D eigenvalue weighted by Gasteiger charge is -2.38. The van der Waals surface area contributed by atoms with E-state index >= 15 is 0 Å². The van der Waals surface area contributed by atoms with Gasteiger partial charge in [0, 0.05) is 37.8 Å². The first kappa shape index (κ1) is 14.6. The summed E-state index contributed by atoms with van der Waals surface area (Å²) in [4.78, 5) is 5.19. The van der Waals surface area contributed by atoms with Crippen LogP contribution in [0.5, 0.6) is 0 Å². The predicted molar refractivity (Wildman–Crippen MR) is 86.3 cm³/mol. The van der Waals surface area contributed by atoms with Gasteiger partial charge in [0.2, 0.25) is 0 Å². The second kappa shape index (κ2) is 6.07. The molecule has 0 atom stereocenters. The lowest BCUT2D eigenvalue weighted by atomic mass is 10.1. The summed E-state index contributed by atoms with van der Waals surface area (Å²) in [5, 5.41) is 0.725. The molecule has 0 amide bonds. The second-order valence-electron chi connectivity index (χ2n) is 5.15. The van der Waals surface area contributed by atoms with Crippen LogP contribution in [0.25, 0.3) is 0 Å². The van der Waals surface area contributed by atoms with E-state index in [0.717, 1.165) is 42.5 Å². The summed E-state index contributed by atoms with van der Waals surface area (Å²) in [5.74, 6) is 0. The van der Waals surface area contributed by atoms with E-state index in [0.29, 0.717) is 11.0 Å². The zero-order valence-corrected chi connectivity index (χ0v) is 13.0. The molecule has 104 valence electrons. The molecule has 0 saturated carbocycles. The van der Waals surface area contributed by atoms with Gasteiger partial charge in [-0.3, -0.25) is 4.90 Å². The van der Waals surface area contributed by atoms with Gasteiger partial charge in [0.1, 0.15) is 4.99 Å². The third-order valence-electron chi connectivity index (χ3n) is 3.62. The van der Waals surface area contributed by atoms with Crippen LogP contribution < -0.4 is 10.6 Å². The van der Waals surface area contributed by atoms with Crippen molar-refractivity contribution in [1.82, 2.24) is 4.90 Å². The Morgan fingerprint density at radius 1 is 1.26 bits per heavy atom. The van der Waals surface area contributed by atoms with Gasteiger partial charge in [-0.15, -0.1) is 0 Å². The SMILES string of the molecule is CC(C)N1CCN(c2ccc(C(N)=S)cc2Cl)CC1. The Morgan fingerprint density at radius 2 is 1.89 bits per heavy atom. The molecule has 2 N–H and O–H groups in total. The van der Waals surface area contributed by atoms with Crippen molar-refractivity contribution < 1.29 is 0 Å². The van der Waals surface area contributed by atoms with E-state index in [1.54, 1.807) is 0 Å². The van der Waals surface area contributed by atoms with Crippen molar-refractivity contribution in [2.75, 3.05) is 31.1 Å². The van der Waals surface area contributed by atoms with Gasteiger partial charge in [0.25, 0.3) is 0 Å². The smallest absolute Gasteiger partial charge is 0.104 e. The molecule has 1 heterocycles. The largest absolute Gasteiger partial charge is 0.389 e. The highest BCUT2D eigenvalue weighted by atomic mass is 35.5. The number of nitrogens with two attached hydrogens (primary N) is 1. The normalized spacial score (nSPS) is 16.9. The summed E-state index contributed by atoms with van der Waals surface area (Å²) < 4.78 is 0. The maximum absolute atomic E-state index is 6.34. The molecule has 1 fully saturated rings. The molecular formula is C14H20ClN3S. The van der Waals surface area contributed by atoms with Crippen LogP contribution in [0.15, 0.2) is 18.2 Å². The van der Waals surface area contributed by atoms with Crippen LogP contribution in [-0.4, -0.2) is 42.1 Å². The summed E-state index contributed by atoms with van der Waals surface area (Å²) in [5.41, 5.74) is 7.51. The number of hydrogen-bond donors (Lipinski definition) is 1. The van der Waals surface area contributed by atoms with E-state index in [1.165, 1.54) is 0 Å². The molecule has 0 bridgehead atoms. The van der Waals surface area contributed by atoms with Crippen LogP contribution in [0.3, 0.4) is 0 Å². The molecule has 1 aromatic rings. The topological polar surface area (TPSA) is 32.5 Å². The Bertz CT molecular complexity index is 468. The van der Waals surface area contributed by atoms with Crippen LogP contribution in [0, 0.1) is 0 Å². The first-order valence-electron chi connectivity index (χ1n) is 6.57. The first-order valence-corrected chi connectivity index (χ1v) is 7.36. The van der Waals surface area contributed by atoms with Crippen LogP contribution in [0.4, 0.5) is 5.69 Å². The van der Waals surface area contributed by atoms with Crippen LogP contribution in [-0.2, 0) is 0 Å². The molecule has 2 rings (SSSR count). The van der Waals surface area contributed by atoms with Crippen LogP contribution >= 0.6 is 23.8 Å². The summed E-state index contributed by atoms with van der Waals surface area (Å²) in [7, 11) is 0. The first-order chi connectivity index (χ1) is 8.99. The van der Waals surface area contributed by atoms with E-state index < -0.39 is 0 Å². The standard InChI is InChI=1S/C14H20ClN3S/c1-10(2)17-5-7-18(8-6-17)13-4-3-11(14(16)19)9-12(13)15/h3-4,9-10H,5-8H2,1-2H3,(H2,16,19). The van der Waals surface area contributed by atoms with Gasteiger partial charge in [0.15, 0.2) is 0 Å². The fourth-order valence-electron chi connectivity index (χ4n) is 2.40. The lowest BCUT2D eigenvalue weighted by molar-refractivity contribution is 0.209. The van der Waals surface area contributed by atoms with Gasteiger partial charge in [-0.1, -0.05) is 23.8 Å². The number of halogens is 1. The summed E-state index contributed by atoms with van der Waals surface area (Å²) in [6.07, 6.45) is 0. The fraction of sp³-hybridized carbons (Fsp3) is 0.500. The molecule has 19 heavy (non-hydrogen) atoms. The van der Waals surface area contributed by atoms with Gasteiger partial charge >= 0.3 is 0 Å². The van der Waals surface area contributed by atoms with Crippen molar-refractivity contribution >= 4 is 34.5 Å².